The fourth-order valence-corrected chi connectivity index (χ4v) is 4.48. The Hall–Kier alpha value is -2.64. The summed E-state index contributed by atoms with van der Waals surface area (Å²) in [4.78, 5) is 39.6. The second-order valence-corrected chi connectivity index (χ2v) is 8.95. The summed E-state index contributed by atoms with van der Waals surface area (Å²) in [5.41, 5.74) is 0.499. The third-order valence-electron chi connectivity index (χ3n) is 6.08. The molecule has 2 aliphatic rings. The zero-order chi connectivity index (χ0) is 21.8. The fourth-order valence-electron chi connectivity index (χ4n) is 4.48. The highest BCUT2D eigenvalue weighted by atomic mass is 16.6. The lowest BCUT2D eigenvalue weighted by atomic mass is 9.91. The maximum absolute atomic E-state index is 12.4. The molecule has 30 heavy (non-hydrogen) atoms. The number of nitro benzene ring substituents is 1. The van der Waals surface area contributed by atoms with Gasteiger partial charge >= 0.3 is 5.97 Å². The van der Waals surface area contributed by atoms with Gasteiger partial charge in [-0.05, 0) is 49.1 Å². The number of carbonyl (C=O) groups is 2. The van der Waals surface area contributed by atoms with Crippen molar-refractivity contribution in [3.63, 3.8) is 0 Å². The molecule has 0 bridgehead atoms. The summed E-state index contributed by atoms with van der Waals surface area (Å²) in [6.45, 7) is 8.93. The number of nitrogens with zero attached hydrogens (tertiary/aromatic N) is 3. The van der Waals surface area contributed by atoms with Gasteiger partial charge in [-0.25, -0.2) is 4.79 Å². The standard InChI is InChI=1S/C22H31N3O5/c1-15-6-8-23(9-7-15)21(26)14-30-22(27)18-4-5-19(20(11-18)25(28)29)24-12-16(2)10-17(3)13-24/h4-5,11,15-17H,6-10,12-14H2,1-3H3. The van der Waals surface area contributed by atoms with Gasteiger partial charge in [-0.3, -0.25) is 14.9 Å². The van der Waals surface area contributed by atoms with Crippen LogP contribution in [0.25, 0.3) is 0 Å². The Bertz CT molecular complexity index is 794. The Kier molecular flexibility index (Phi) is 6.95. The quantitative estimate of drug-likeness (QED) is 0.414. The highest BCUT2D eigenvalue weighted by molar-refractivity contribution is 5.93. The zero-order valence-corrected chi connectivity index (χ0v) is 18.0. The molecule has 0 spiro atoms. The maximum Gasteiger partial charge on any atom is 0.338 e. The van der Waals surface area contributed by atoms with Crippen molar-refractivity contribution in [2.24, 2.45) is 17.8 Å². The number of nitro groups is 1. The van der Waals surface area contributed by atoms with E-state index >= 15 is 0 Å². The minimum Gasteiger partial charge on any atom is -0.452 e. The average molecular weight is 418 g/mol. The van der Waals surface area contributed by atoms with Gasteiger partial charge in [0.25, 0.3) is 11.6 Å². The summed E-state index contributed by atoms with van der Waals surface area (Å²) in [7, 11) is 0. The van der Waals surface area contributed by atoms with Crippen molar-refractivity contribution >= 4 is 23.3 Å². The monoisotopic (exact) mass is 417 g/mol. The number of hydrogen-bond donors (Lipinski definition) is 0. The number of esters is 1. The smallest absolute Gasteiger partial charge is 0.338 e. The molecular weight excluding hydrogens is 386 g/mol. The largest absolute Gasteiger partial charge is 0.452 e. The van der Waals surface area contributed by atoms with E-state index in [9.17, 15) is 19.7 Å². The van der Waals surface area contributed by atoms with Crippen molar-refractivity contribution in [3.8, 4) is 0 Å². The molecule has 0 saturated carbocycles. The number of rotatable bonds is 5. The lowest BCUT2D eigenvalue weighted by Gasteiger charge is -2.36. The zero-order valence-electron chi connectivity index (χ0n) is 18.0. The molecule has 2 heterocycles. The lowest BCUT2D eigenvalue weighted by Crippen LogP contribution is -2.40. The lowest BCUT2D eigenvalue weighted by molar-refractivity contribution is -0.384. The Morgan fingerprint density at radius 3 is 2.33 bits per heavy atom. The minimum absolute atomic E-state index is 0.0867. The van der Waals surface area contributed by atoms with E-state index in [0.717, 1.165) is 32.4 Å². The Labute approximate surface area is 177 Å². The maximum atomic E-state index is 12.4. The Morgan fingerprint density at radius 2 is 1.73 bits per heavy atom. The van der Waals surface area contributed by atoms with Gasteiger partial charge in [0.15, 0.2) is 6.61 Å². The highest BCUT2D eigenvalue weighted by Gasteiger charge is 2.28. The number of hydrogen-bond acceptors (Lipinski definition) is 6. The van der Waals surface area contributed by atoms with E-state index in [-0.39, 0.29) is 23.8 Å². The number of carbonyl (C=O) groups excluding carboxylic acids is 2. The molecule has 2 fully saturated rings. The molecule has 1 aromatic rings. The molecule has 3 rings (SSSR count). The van der Waals surface area contributed by atoms with E-state index in [4.69, 9.17) is 4.74 Å². The number of likely N-dealkylation sites (tertiary alicyclic amines) is 1. The highest BCUT2D eigenvalue weighted by Crippen LogP contribution is 2.34. The van der Waals surface area contributed by atoms with E-state index in [0.29, 0.717) is 36.5 Å². The second kappa shape index (κ2) is 9.45. The third-order valence-corrected chi connectivity index (χ3v) is 6.08. The van der Waals surface area contributed by atoms with E-state index in [1.54, 1.807) is 17.0 Å². The summed E-state index contributed by atoms with van der Waals surface area (Å²) < 4.78 is 5.16. The normalized spacial score (nSPS) is 22.6. The summed E-state index contributed by atoms with van der Waals surface area (Å²) in [6, 6.07) is 4.42. The van der Waals surface area contributed by atoms with Crippen molar-refractivity contribution in [2.75, 3.05) is 37.7 Å². The fraction of sp³-hybridized carbons (Fsp3) is 0.636. The van der Waals surface area contributed by atoms with Crippen molar-refractivity contribution in [3.05, 3.63) is 33.9 Å². The van der Waals surface area contributed by atoms with Crippen molar-refractivity contribution in [1.82, 2.24) is 4.90 Å². The van der Waals surface area contributed by atoms with Gasteiger partial charge in [-0.15, -0.1) is 0 Å². The van der Waals surface area contributed by atoms with Crippen LogP contribution in [0, 0.1) is 27.9 Å². The van der Waals surface area contributed by atoms with E-state index < -0.39 is 10.9 Å². The van der Waals surface area contributed by atoms with Crippen LogP contribution in [0.5, 0.6) is 0 Å². The van der Waals surface area contributed by atoms with Crippen LogP contribution in [0.15, 0.2) is 18.2 Å². The molecule has 0 aromatic heterocycles. The first kappa shape index (κ1) is 22.1. The Morgan fingerprint density at radius 1 is 1.10 bits per heavy atom. The van der Waals surface area contributed by atoms with Gasteiger partial charge in [-0.1, -0.05) is 20.8 Å². The van der Waals surface area contributed by atoms with Crippen LogP contribution in [0.2, 0.25) is 0 Å². The van der Waals surface area contributed by atoms with Crippen molar-refractivity contribution in [1.29, 1.82) is 0 Å². The van der Waals surface area contributed by atoms with E-state index in [1.165, 1.54) is 6.07 Å². The molecule has 0 aliphatic carbocycles. The molecule has 1 amide bonds. The van der Waals surface area contributed by atoms with E-state index in [2.05, 4.69) is 20.8 Å². The number of piperidine rings is 2. The van der Waals surface area contributed by atoms with Gasteiger partial charge in [0.1, 0.15) is 5.69 Å². The van der Waals surface area contributed by atoms with Crippen molar-refractivity contribution in [2.45, 2.75) is 40.0 Å². The first-order valence-corrected chi connectivity index (χ1v) is 10.7. The molecule has 2 atom stereocenters. The number of amides is 1. The second-order valence-electron chi connectivity index (χ2n) is 8.95. The number of anilines is 1. The van der Waals surface area contributed by atoms with E-state index in [1.807, 2.05) is 4.90 Å². The van der Waals surface area contributed by atoms with Crippen molar-refractivity contribution < 1.29 is 19.2 Å². The molecular formula is C22H31N3O5. The van der Waals surface area contributed by atoms with Crippen LogP contribution in [-0.4, -0.2) is 54.5 Å². The molecule has 8 heteroatoms. The van der Waals surface area contributed by atoms with Crippen LogP contribution in [0.4, 0.5) is 11.4 Å². The first-order chi connectivity index (χ1) is 14.2. The average Bonchev–Trinajstić information content (AvgIpc) is 2.71. The van der Waals surface area contributed by atoms with Gasteiger partial charge in [0.2, 0.25) is 0 Å². The summed E-state index contributed by atoms with van der Waals surface area (Å²) in [5, 5.41) is 11.7. The topological polar surface area (TPSA) is 93.0 Å². The summed E-state index contributed by atoms with van der Waals surface area (Å²) in [5.74, 6) is 0.548. The summed E-state index contributed by atoms with van der Waals surface area (Å²) >= 11 is 0. The molecule has 2 aliphatic heterocycles. The molecule has 1 aromatic carbocycles. The van der Waals surface area contributed by atoms with Crippen LogP contribution < -0.4 is 4.90 Å². The predicted molar refractivity (Wildman–Crippen MR) is 114 cm³/mol. The van der Waals surface area contributed by atoms with Crippen LogP contribution in [0.1, 0.15) is 50.4 Å². The first-order valence-electron chi connectivity index (χ1n) is 10.7. The predicted octanol–water partition coefficient (Wildman–Crippen LogP) is 3.49. The SMILES string of the molecule is CC1CCN(C(=O)COC(=O)c2ccc(N3CC(C)CC(C)C3)c([N+](=O)[O-])c2)CC1. The Balaban J connectivity index is 1.67. The van der Waals surface area contributed by atoms with Crippen LogP contribution >= 0.6 is 0 Å². The summed E-state index contributed by atoms with van der Waals surface area (Å²) in [6.07, 6.45) is 2.99. The van der Waals surface area contributed by atoms with Crippen LogP contribution in [-0.2, 0) is 9.53 Å². The minimum atomic E-state index is -0.719. The number of ether oxygens (including phenoxy) is 1. The number of benzene rings is 1. The molecule has 2 saturated heterocycles. The molecule has 2 unspecified atom stereocenters. The molecule has 0 radical (unpaired) electrons. The molecule has 0 N–H and O–H groups in total. The van der Waals surface area contributed by atoms with Gasteiger partial charge in [0, 0.05) is 32.2 Å². The molecule has 8 nitrogen and oxygen atoms in total. The molecule has 164 valence electrons. The van der Waals surface area contributed by atoms with Crippen LogP contribution in [0.3, 0.4) is 0 Å². The van der Waals surface area contributed by atoms with Gasteiger partial charge in [-0.2, -0.15) is 0 Å². The van der Waals surface area contributed by atoms with Gasteiger partial charge in [0.05, 0.1) is 10.5 Å². The van der Waals surface area contributed by atoms with Gasteiger partial charge < -0.3 is 14.5 Å². The third kappa shape index (κ3) is 5.29.